The van der Waals surface area contributed by atoms with Gasteiger partial charge in [-0.25, -0.2) is 13.7 Å². The molecule has 0 saturated heterocycles. The molecule has 1 N–H and O–H groups in total. The van der Waals surface area contributed by atoms with Crippen LogP contribution in [0.5, 0.6) is 0 Å². The Morgan fingerprint density at radius 3 is 1.65 bits per heavy atom. The normalized spacial score (nSPS) is 11.8. The number of hydrogen-bond acceptors (Lipinski definition) is 5. The van der Waals surface area contributed by atoms with Crippen LogP contribution >= 0.6 is 0 Å². The van der Waals surface area contributed by atoms with Crippen molar-refractivity contribution < 1.29 is 63.8 Å². The summed E-state index contributed by atoms with van der Waals surface area (Å²) in [5.74, 6) is 2.48. The Labute approximate surface area is 825 Å². The molecule has 7 aromatic heterocycles. The van der Waals surface area contributed by atoms with Gasteiger partial charge in [-0.3, -0.25) is 4.79 Å². The van der Waals surface area contributed by atoms with E-state index in [4.69, 9.17) is 5.11 Å². The van der Waals surface area contributed by atoms with Gasteiger partial charge >= 0.3 is 0 Å². The van der Waals surface area contributed by atoms with Crippen molar-refractivity contribution in [3.8, 4) is 79.2 Å². The predicted molar refractivity (Wildman–Crippen MR) is 556 cm³/mol. The van der Waals surface area contributed by atoms with Crippen molar-refractivity contribution in [1.29, 1.82) is 0 Å². The molecule has 0 amide bonds. The molecule has 3 aliphatic heterocycles. The summed E-state index contributed by atoms with van der Waals surface area (Å²) in [5.41, 5.74) is 31.3. The van der Waals surface area contributed by atoms with Crippen molar-refractivity contribution in [3.63, 3.8) is 0 Å². The second-order valence-electron chi connectivity index (χ2n) is 34.3. The Bertz CT molecular complexity index is 8130. The SMILES string of the molecule is C.C.C.C.CC(=O)C=C(C)O.CC1(C)c2ccc[c-]c2-c2nccc3cccc1c23.Cc1ccc(-c2[c-]cccc2)nc1.Cc1ccc2c(c1)c1cccc3c1c1n2c(-c2c(C)cccc2C)c[n+]1C3.[Ir].[Ir].[c-]1ccccc1-c1nccc2ccccc12.c1ccc2c(c1)C[n+]1c-2n(-c2cccc3ccccc23)c2ccccc21.c1ccc2c(c1)C[n+]1ccn(-c3cccc4ccccc34)c1-2. The summed E-state index contributed by atoms with van der Waals surface area (Å²) < 4.78 is 14.4. The van der Waals surface area contributed by atoms with Crippen molar-refractivity contribution in [2.24, 2.45) is 0 Å². The van der Waals surface area contributed by atoms with Gasteiger partial charge in [-0.2, -0.15) is 13.5 Å². The van der Waals surface area contributed by atoms with E-state index >= 15 is 0 Å². The van der Waals surface area contributed by atoms with Crippen LogP contribution in [0.4, 0.5) is 0 Å². The molecule has 26 rings (SSSR count). The molecule has 10 heterocycles. The summed E-state index contributed by atoms with van der Waals surface area (Å²) in [7, 11) is 0. The molecule has 11 nitrogen and oxygen atoms in total. The Kier molecular flexibility index (Phi) is 29.9. The van der Waals surface area contributed by atoms with E-state index in [9.17, 15) is 4.79 Å². The molecule has 0 atom stereocenters. The number of hydrogen-bond donors (Lipinski definition) is 1. The largest absolute Gasteiger partial charge is 0.512 e. The van der Waals surface area contributed by atoms with E-state index in [0.29, 0.717) is 0 Å². The van der Waals surface area contributed by atoms with Gasteiger partial charge in [0.25, 0.3) is 17.3 Å². The molecule has 1 aliphatic carbocycles. The number of benzene rings is 15. The third-order valence-electron chi connectivity index (χ3n) is 25.3. The zero-order valence-electron chi connectivity index (χ0n) is 74.6. The first kappa shape index (κ1) is 97.2. The first-order valence-electron chi connectivity index (χ1n) is 44.3. The molecular weight excluding hydrogens is 2020 g/mol. The van der Waals surface area contributed by atoms with Gasteiger partial charge in [-0.05, 0) is 179 Å². The van der Waals surface area contributed by atoms with Gasteiger partial charge in [0, 0.05) is 109 Å². The fraction of sp³-hybridized carbons (Fsp3) is 0.130. The summed E-state index contributed by atoms with van der Waals surface area (Å²) in [6.45, 7) is 18.9. The van der Waals surface area contributed by atoms with Gasteiger partial charge in [0.05, 0.1) is 22.3 Å². The van der Waals surface area contributed by atoms with E-state index in [-0.39, 0.29) is 86.9 Å². The number of nitrogens with zero attached hydrogens (tertiary/aromatic N) is 9. The molecule has 22 aromatic rings. The maximum Gasteiger partial charge on any atom is 0.295 e. The summed E-state index contributed by atoms with van der Waals surface area (Å²) in [6, 6.07) is 131. The minimum atomic E-state index is -0.125. The summed E-state index contributed by atoms with van der Waals surface area (Å²) >= 11 is 0. The van der Waals surface area contributed by atoms with Crippen molar-refractivity contribution in [1.82, 2.24) is 28.5 Å². The first-order valence-corrected chi connectivity index (χ1v) is 44.3. The molecule has 0 spiro atoms. The van der Waals surface area contributed by atoms with Crippen molar-refractivity contribution in [2.45, 2.75) is 110 Å². The molecule has 0 bridgehead atoms. The summed E-state index contributed by atoms with van der Waals surface area (Å²) in [5, 5.41) is 22.5. The maximum absolute atomic E-state index is 10.0. The van der Waals surface area contributed by atoms with Crippen LogP contribution in [0.3, 0.4) is 0 Å². The zero-order chi connectivity index (χ0) is 88.7. The molecule has 2 radical (unpaired) electrons. The minimum Gasteiger partial charge on any atom is -0.512 e. The quantitative estimate of drug-likeness (QED) is 0.0587. The molecule has 0 fully saturated rings. The maximum atomic E-state index is 10.0. The number of aryl methyl sites for hydroxylation is 4. The van der Waals surface area contributed by atoms with Gasteiger partial charge in [0.1, 0.15) is 55.1 Å². The van der Waals surface area contributed by atoms with Crippen LogP contribution < -0.4 is 13.7 Å². The van der Waals surface area contributed by atoms with E-state index in [2.05, 4.69) is 381 Å². The van der Waals surface area contributed by atoms with Crippen LogP contribution in [0, 0.1) is 45.9 Å². The number of rotatable bonds is 6. The molecule has 678 valence electrons. The number of para-hydroxylation sites is 2. The van der Waals surface area contributed by atoms with E-state index < -0.39 is 0 Å². The second-order valence-corrected chi connectivity index (χ2v) is 34.3. The average Bonchev–Trinajstić information content (AvgIpc) is 1.52. The number of carbonyl (C=O) groups is 1. The monoisotopic (exact) mass is 2130 g/mol. The van der Waals surface area contributed by atoms with Gasteiger partial charge in [0.15, 0.2) is 22.5 Å². The number of imidazole rings is 3. The van der Waals surface area contributed by atoms with Crippen molar-refractivity contribution >= 4 is 87.2 Å². The number of aliphatic hydroxyl groups excluding tert-OH is 1. The van der Waals surface area contributed by atoms with E-state index in [1.165, 1.54) is 197 Å². The zero-order valence-corrected chi connectivity index (χ0v) is 79.4. The standard InChI is InChI=1S/C25H21N2.C24H17N2.C20H15N2.C18H14N.C15H10N.C12H10N.C5H8O2.4CH4.2Ir/c1-15-10-11-21-20(12-15)19-9-5-8-18-13-26-14-22(27(21)25(26)24(18)19)23-16(2)6-4-7-17(23)3;1-3-11-19-17(8-1)10-7-15-21(19)26-23-14-6-5-13-22(23)25-16-18-9-2-4-12-20(18)24(25)26;1-3-9-17-15(6-1)8-5-11-19(17)22-13-12-21-14-16-7-2-4-10-18(16)20(21)22;1-18(2)14-8-4-3-7-13(14)17-16-12(10-11-19-17)6-5-9-15(16)18;1-2-7-13(8-3-1)15-14-9-5-4-6-12(14)10-11-16-15;1-10-7-8-12(13-9-10)11-5-3-2-4-6-11;1-4(6)3-5(2)7;;;;;;/h4-12,14H,13H2,1-3H3;1-15H,16H2;1-13H,14H2;3-6,8-11H,1-2H3;1-7,9-11H;2-5,7-9H,1H3;3,6H,1-2H3;4*1H4;;/q3*+1;3*-1;;;;;;;. The molecule has 13 heteroatoms. The minimum absolute atomic E-state index is 0. The topological polar surface area (TPSA) is 102 Å². The van der Waals surface area contributed by atoms with Gasteiger partial charge in [-0.1, -0.05) is 268 Å². The van der Waals surface area contributed by atoms with Gasteiger partial charge in [-0.15, -0.1) is 107 Å². The molecule has 4 aliphatic rings. The van der Waals surface area contributed by atoms with Crippen LogP contribution in [0.25, 0.3) is 161 Å². The Hall–Kier alpha value is -14.8. The molecular formula is C123H111Ir2N9O2. The molecule has 15 aromatic carbocycles. The first-order chi connectivity index (χ1) is 63.6. The summed E-state index contributed by atoms with van der Waals surface area (Å²) in [4.78, 5) is 23.4. The van der Waals surface area contributed by atoms with E-state index in [1.54, 1.807) is 0 Å². The average molecular weight is 2130 g/mol. The van der Waals surface area contributed by atoms with Gasteiger partial charge in [0.2, 0.25) is 0 Å². The van der Waals surface area contributed by atoms with E-state index in [1.807, 2.05) is 104 Å². The number of aliphatic hydroxyl groups is 1. The van der Waals surface area contributed by atoms with Crippen LogP contribution in [-0.4, -0.2) is 39.4 Å². The van der Waals surface area contributed by atoms with Crippen LogP contribution in [0.15, 0.2) is 395 Å². The Balaban J connectivity index is 0.000000129. The number of aromatic nitrogens is 9. The van der Waals surface area contributed by atoms with Gasteiger partial charge < -0.3 is 20.1 Å². The third-order valence-corrected chi connectivity index (χ3v) is 25.3. The fourth-order valence-corrected chi connectivity index (χ4v) is 19.4. The Morgan fingerprint density at radius 1 is 0.441 bits per heavy atom. The van der Waals surface area contributed by atoms with Crippen LogP contribution in [0.1, 0.15) is 107 Å². The number of carbonyl (C=O) groups excluding carboxylic acids is 1. The third kappa shape index (κ3) is 18.5. The summed E-state index contributed by atoms with van der Waals surface area (Å²) in [6.07, 6.45) is 13.5. The Morgan fingerprint density at radius 2 is 0.978 bits per heavy atom. The van der Waals surface area contributed by atoms with E-state index in [0.717, 1.165) is 53.4 Å². The molecule has 0 unspecified atom stereocenters. The number of ketones is 1. The van der Waals surface area contributed by atoms with Crippen LogP contribution in [-0.2, 0) is 70.1 Å². The number of fused-ring (bicyclic) bond motifs is 16. The smallest absolute Gasteiger partial charge is 0.295 e. The van der Waals surface area contributed by atoms with Crippen LogP contribution in [0.2, 0.25) is 0 Å². The van der Waals surface area contributed by atoms with Crippen molar-refractivity contribution in [3.05, 3.63) is 463 Å². The number of allylic oxidation sites excluding steroid dienone is 2. The fourth-order valence-electron chi connectivity index (χ4n) is 19.4. The second kappa shape index (κ2) is 41.8. The molecule has 0 saturated carbocycles. The number of pyridine rings is 4. The molecule has 136 heavy (non-hydrogen) atoms. The van der Waals surface area contributed by atoms with Crippen molar-refractivity contribution in [2.75, 3.05) is 0 Å². The predicted octanol–water partition coefficient (Wildman–Crippen LogP) is 29.0.